The highest BCUT2D eigenvalue weighted by atomic mass is 16.4. The molecule has 1 unspecified atom stereocenters. The Morgan fingerprint density at radius 2 is 2.26 bits per heavy atom. The maximum atomic E-state index is 11.2. The normalized spacial score (nSPS) is 15.7. The standard InChI is InChI=1S/C15H22N2O2/c1-10(2)13(15(18)19)17-9-12-6-3-5-11-7-4-8-16-14(11)12/h3,5-6,10,13,16-17H,4,7-9H2,1-2H3,(H,18,19). The second kappa shape index (κ2) is 6.06. The minimum absolute atomic E-state index is 0.0741. The summed E-state index contributed by atoms with van der Waals surface area (Å²) in [6.45, 7) is 5.43. The third-order valence-corrected chi connectivity index (χ3v) is 3.61. The van der Waals surface area contributed by atoms with Gasteiger partial charge in [0.25, 0.3) is 0 Å². The number of carbonyl (C=O) groups is 1. The lowest BCUT2D eigenvalue weighted by Crippen LogP contribution is -2.40. The summed E-state index contributed by atoms with van der Waals surface area (Å²) < 4.78 is 0. The molecular weight excluding hydrogens is 240 g/mol. The lowest BCUT2D eigenvalue weighted by molar-refractivity contribution is -0.140. The van der Waals surface area contributed by atoms with Crippen molar-refractivity contribution in [3.63, 3.8) is 0 Å². The summed E-state index contributed by atoms with van der Waals surface area (Å²) in [5.41, 5.74) is 3.68. The van der Waals surface area contributed by atoms with Gasteiger partial charge in [-0.2, -0.15) is 0 Å². The number of aliphatic carboxylic acids is 1. The van der Waals surface area contributed by atoms with Crippen molar-refractivity contribution in [3.05, 3.63) is 29.3 Å². The molecule has 0 radical (unpaired) electrons. The third-order valence-electron chi connectivity index (χ3n) is 3.61. The molecule has 0 bridgehead atoms. The number of nitrogens with one attached hydrogen (secondary N) is 2. The number of rotatable bonds is 5. The predicted octanol–water partition coefficient (Wildman–Crippen LogP) is 2.24. The zero-order valence-electron chi connectivity index (χ0n) is 11.6. The van der Waals surface area contributed by atoms with Crippen molar-refractivity contribution >= 4 is 11.7 Å². The SMILES string of the molecule is CC(C)C(NCc1cccc2c1NCCC2)C(=O)O. The number of anilines is 1. The first-order valence-electron chi connectivity index (χ1n) is 6.90. The summed E-state index contributed by atoms with van der Waals surface area (Å²) in [5.74, 6) is -0.710. The lowest BCUT2D eigenvalue weighted by atomic mass is 9.98. The van der Waals surface area contributed by atoms with Gasteiger partial charge in [-0.3, -0.25) is 4.79 Å². The highest BCUT2D eigenvalue weighted by molar-refractivity contribution is 5.73. The van der Waals surface area contributed by atoms with E-state index in [0.717, 1.165) is 24.9 Å². The molecule has 2 rings (SSSR count). The van der Waals surface area contributed by atoms with Gasteiger partial charge < -0.3 is 15.7 Å². The summed E-state index contributed by atoms with van der Waals surface area (Å²) in [6, 6.07) is 5.75. The van der Waals surface area contributed by atoms with Gasteiger partial charge in [0, 0.05) is 18.8 Å². The summed E-state index contributed by atoms with van der Waals surface area (Å²) in [7, 11) is 0. The fourth-order valence-corrected chi connectivity index (χ4v) is 2.56. The zero-order valence-corrected chi connectivity index (χ0v) is 11.6. The van der Waals surface area contributed by atoms with E-state index in [1.54, 1.807) is 0 Å². The topological polar surface area (TPSA) is 61.4 Å². The molecule has 0 fully saturated rings. The third kappa shape index (κ3) is 3.26. The molecule has 4 heteroatoms. The van der Waals surface area contributed by atoms with Crippen LogP contribution in [0.25, 0.3) is 0 Å². The highest BCUT2D eigenvalue weighted by Gasteiger charge is 2.21. The first kappa shape index (κ1) is 13.9. The van der Waals surface area contributed by atoms with E-state index < -0.39 is 12.0 Å². The molecule has 0 amide bonds. The largest absolute Gasteiger partial charge is 0.480 e. The van der Waals surface area contributed by atoms with Crippen LogP contribution in [0.15, 0.2) is 18.2 Å². The molecule has 0 aliphatic carbocycles. The molecule has 1 aliphatic rings. The zero-order chi connectivity index (χ0) is 13.8. The Kier molecular flexibility index (Phi) is 4.43. The van der Waals surface area contributed by atoms with Crippen LogP contribution in [-0.4, -0.2) is 23.7 Å². The first-order valence-corrected chi connectivity index (χ1v) is 6.90. The second-order valence-electron chi connectivity index (χ2n) is 5.42. The van der Waals surface area contributed by atoms with Crippen LogP contribution in [0.2, 0.25) is 0 Å². The summed E-state index contributed by atoms with van der Waals surface area (Å²) in [4.78, 5) is 11.2. The molecule has 0 saturated carbocycles. The first-order chi connectivity index (χ1) is 9.09. The van der Waals surface area contributed by atoms with Crippen molar-refractivity contribution in [2.75, 3.05) is 11.9 Å². The number of hydrogen-bond acceptors (Lipinski definition) is 3. The Labute approximate surface area is 114 Å². The van der Waals surface area contributed by atoms with Gasteiger partial charge in [0.05, 0.1) is 0 Å². The molecule has 1 aliphatic heterocycles. The molecule has 104 valence electrons. The molecule has 1 aromatic rings. The maximum absolute atomic E-state index is 11.2. The Morgan fingerprint density at radius 3 is 2.95 bits per heavy atom. The van der Waals surface area contributed by atoms with E-state index in [0.29, 0.717) is 6.54 Å². The summed E-state index contributed by atoms with van der Waals surface area (Å²) in [6.07, 6.45) is 2.26. The van der Waals surface area contributed by atoms with Gasteiger partial charge in [0.15, 0.2) is 0 Å². The number of fused-ring (bicyclic) bond motifs is 1. The number of benzene rings is 1. The maximum Gasteiger partial charge on any atom is 0.320 e. The fourth-order valence-electron chi connectivity index (χ4n) is 2.56. The van der Waals surface area contributed by atoms with Gasteiger partial charge in [0.2, 0.25) is 0 Å². The van der Waals surface area contributed by atoms with Crippen LogP contribution in [0.3, 0.4) is 0 Å². The molecule has 3 N–H and O–H groups in total. The minimum Gasteiger partial charge on any atom is -0.480 e. The Balaban J connectivity index is 2.09. The molecule has 0 spiro atoms. The minimum atomic E-state index is -0.784. The highest BCUT2D eigenvalue weighted by Crippen LogP contribution is 2.26. The van der Waals surface area contributed by atoms with Crippen LogP contribution in [0.4, 0.5) is 5.69 Å². The van der Waals surface area contributed by atoms with Crippen LogP contribution in [0.5, 0.6) is 0 Å². The molecule has 1 aromatic carbocycles. The molecular formula is C15H22N2O2. The number of carboxylic acid groups (broad SMARTS) is 1. The van der Waals surface area contributed by atoms with Gasteiger partial charge in [-0.05, 0) is 29.9 Å². The summed E-state index contributed by atoms with van der Waals surface area (Å²) >= 11 is 0. The molecule has 0 aromatic heterocycles. The van der Waals surface area contributed by atoms with Crippen molar-refractivity contribution in [1.29, 1.82) is 0 Å². The van der Waals surface area contributed by atoms with Crippen molar-refractivity contribution in [3.8, 4) is 0 Å². The van der Waals surface area contributed by atoms with Gasteiger partial charge in [-0.1, -0.05) is 32.0 Å². The smallest absolute Gasteiger partial charge is 0.320 e. The molecule has 19 heavy (non-hydrogen) atoms. The second-order valence-corrected chi connectivity index (χ2v) is 5.42. The van der Waals surface area contributed by atoms with Gasteiger partial charge in [-0.15, -0.1) is 0 Å². The van der Waals surface area contributed by atoms with E-state index in [1.165, 1.54) is 11.3 Å². The van der Waals surface area contributed by atoms with Gasteiger partial charge in [0.1, 0.15) is 6.04 Å². The van der Waals surface area contributed by atoms with Crippen molar-refractivity contribution in [2.45, 2.75) is 39.3 Å². The number of hydrogen-bond donors (Lipinski definition) is 3. The van der Waals surface area contributed by atoms with E-state index in [2.05, 4.69) is 22.8 Å². The fraction of sp³-hybridized carbons (Fsp3) is 0.533. The molecule has 4 nitrogen and oxygen atoms in total. The Bertz CT molecular complexity index is 457. The number of aryl methyl sites for hydroxylation is 1. The Hall–Kier alpha value is -1.55. The molecule has 0 saturated heterocycles. The van der Waals surface area contributed by atoms with Crippen LogP contribution >= 0.6 is 0 Å². The van der Waals surface area contributed by atoms with E-state index in [9.17, 15) is 9.90 Å². The van der Waals surface area contributed by atoms with Crippen molar-refractivity contribution in [1.82, 2.24) is 5.32 Å². The van der Waals surface area contributed by atoms with Crippen LogP contribution in [0.1, 0.15) is 31.4 Å². The van der Waals surface area contributed by atoms with Crippen LogP contribution in [-0.2, 0) is 17.8 Å². The summed E-state index contributed by atoms with van der Waals surface area (Å²) in [5, 5.41) is 15.8. The Morgan fingerprint density at radius 1 is 1.47 bits per heavy atom. The molecule has 1 atom stereocenters. The van der Waals surface area contributed by atoms with E-state index in [1.807, 2.05) is 19.9 Å². The van der Waals surface area contributed by atoms with E-state index in [-0.39, 0.29) is 5.92 Å². The number of carboxylic acids is 1. The molecule has 1 heterocycles. The van der Waals surface area contributed by atoms with E-state index in [4.69, 9.17) is 0 Å². The van der Waals surface area contributed by atoms with Crippen molar-refractivity contribution < 1.29 is 9.90 Å². The number of para-hydroxylation sites is 1. The average molecular weight is 262 g/mol. The average Bonchev–Trinajstić information content (AvgIpc) is 2.38. The monoisotopic (exact) mass is 262 g/mol. The quantitative estimate of drug-likeness (QED) is 0.761. The predicted molar refractivity (Wildman–Crippen MR) is 76.4 cm³/mol. The van der Waals surface area contributed by atoms with Gasteiger partial charge >= 0.3 is 5.97 Å². The van der Waals surface area contributed by atoms with Crippen LogP contribution < -0.4 is 10.6 Å². The lowest BCUT2D eigenvalue weighted by Gasteiger charge is -2.23. The van der Waals surface area contributed by atoms with Crippen molar-refractivity contribution in [2.24, 2.45) is 5.92 Å². The van der Waals surface area contributed by atoms with Crippen LogP contribution in [0, 0.1) is 5.92 Å². The van der Waals surface area contributed by atoms with E-state index >= 15 is 0 Å². The van der Waals surface area contributed by atoms with Gasteiger partial charge in [-0.25, -0.2) is 0 Å².